The van der Waals surface area contributed by atoms with Gasteiger partial charge in [-0.1, -0.05) is 30.4 Å². The summed E-state index contributed by atoms with van der Waals surface area (Å²) in [5.41, 5.74) is 6.38. The van der Waals surface area contributed by atoms with E-state index in [2.05, 4.69) is 44.5 Å². The second-order valence-corrected chi connectivity index (χ2v) is 4.44. The molecule has 1 nitrogen and oxygen atoms in total. The van der Waals surface area contributed by atoms with Crippen molar-refractivity contribution in [3.05, 3.63) is 58.8 Å². The minimum atomic E-state index is 0.889. The highest BCUT2D eigenvalue weighted by molar-refractivity contribution is 5.64. The normalized spacial score (nSPS) is 12.1. The highest BCUT2D eigenvalue weighted by atomic mass is 14.7. The van der Waals surface area contributed by atoms with E-state index in [9.17, 15) is 0 Å². The molecule has 0 aromatic heterocycles. The van der Waals surface area contributed by atoms with Crippen LogP contribution < -0.4 is 0 Å². The van der Waals surface area contributed by atoms with Crippen molar-refractivity contribution in [2.75, 3.05) is 0 Å². The fourth-order valence-corrected chi connectivity index (χ4v) is 2.03. The van der Waals surface area contributed by atoms with E-state index in [-0.39, 0.29) is 0 Å². The van der Waals surface area contributed by atoms with E-state index in [4.69, 9.17) is 0 Å². The number of nitrogens with zero attached hydrogens (tertiary/aromatic N) is 1. The molecule has 0 saturated heterocycles. The van der Waals surface area contributed by atoms with Crippen LogP contribution >= 0.6 is 0 Å². The minimum absolute atomic E-state index is 0.889. The molecule has 17 heavy (non-hydrogen) atoms. The number of allylic oxidation sites excluding steroid dienone is 3. The predicted octanol–water partition coefficient (Wildman–Crippen LogP) is 4.31. The lowest BCUT2D eigenvalue weighted by molar-refractivity contribution is 1.18. The van der Waals surface area contributed by atoms with Crippen LogP contribution in [0.3, 0.4) is 0 Å². The molecule has 1 rings (SSSR count). The largest absolute Gasteiger partial charge is 0.266 e. The van der Waals surface area contributed by atoms with Gasteiger partial charge < -0.3 is 0 Å². The molecule has 0 atom stereocenters. The van der Waals surface area contributed by atoms with Crippen LogP contribution in [0.4, 0.5) is 0 Å². The summed E-state index contributed by atoms with van der Waals surface area (Å²) in [5, 5.41) is 0. The van der Waals surface area contributed by atoms with Crippen molar-refractivity contribution in [2.24, 2.45) is 4.99 Å². The molecule has 0 unspecified atom stereocenters. The first-order valence-corrected chi connectivity index (χ1v) is 5.93. The monoisotopic (exact) mass is 227 g/mol. The van der Waals surface area contributed by atoms with Gasteiger partial charge in [-0.05, 0) is 50.5 Å². The number of hydrogen-bond donors (Lipinski definition) is 0. The van der Waals surface area contributed by atoms with Crippen LogP contribution in [-0.2, 0) is 6.42 Å². The molecule has 0 aliphatic carbocycles. The quantitative estimate of drug-likeness (QED) is 0.536. The van der Waals surface area contributed by atoms with Crippen LogP contribution in [0.2, 0.25) is 0 Å². The van der Waals surface area contributed by atoms with Gasteiger partial charge >= 0.3 is 0 Å². The highest BCUT2D eigenvalue weighted by Gasteiger charge is 2.01. The van der Waals surface area contributed by atoms with E-state index in [0.29, 0.717) is 0 Å². The molecule has 1 aromatic carbocycles. The average molecular weight is 227 g/mol. The zero-order valence-corrected chi connectivity index (χ0v) is 11.2. The first-order valence-electron chi connectivity index (χ1n) is 5.93. The van der Waals surface area contributed by atoms with Crippen molar-refractivity contribution in [2.45, 2.75) is 34.1 Å². The Labute approximate surface area is 105 Å². The number of hydrogen-bond acceptors (Lipinski definition) is 1. The van der Waals surface area contributed by atoms with Crippen LogP contribution in [0.25, 0.3) is 0 Å². The van der Waals surface area contributed by atoms with Gasteiger partial charge in [-0.25, -0.2) is 0 Å². The molecular weight excluding hydrogens is 206 g/mol. The Bertz CT molecular complexity index is 441. The van der Waals surface area contributed by atoms with Crippen LogP contribution in [0.1, 0.15) is 29.2 Å². The topological polar surface area (TPSA) is 12.4 Å². The molecule has 0 aliphatic rings. The third-order valence-corrected chi connectivity index (χ3v) is 2.79. The van der Waals surface area contributed by atoms with E-state index in [1.165, 1.54) is 22.3 Å². The number of aryl methyl sites for hydroxylation is 3. The summed E-state index contributed by atoms with van der Waals surface area (Å²) >= 11 is 0. The van der Waals surface area contributed by atoms with E-state index in [1.54, 1.807) is 6.08 Å². The predicted molar refractivity (Wildman–Crippen MR) is 76.8 cm³/mol. The second-order valence-electron chi connectivity index (χ2n) is 4.44. The second kappa shape index (κ2) is 6.19. The van der Waals surface area contributed by atoms with E-state index in [0.717, 1.165) is 12.1 Å². The van der Waals surface area contributed by atoms with Crippen LogP contribution in [-0.4, -0.2) is 6.21 Å². The zero-order valence-electron chi connectivity index (χ0n) is 11.2. The molecule has 0 saturated carbocycles. The summed E-state index contributed by atoms with van der Waals surface area (Å²) in [7, 11) is 0. The molecule has 1 heteroatoms. The van der Waals surface area contributed by atoms with Crippen molar-refractivity contribution in [1.82, 2.24) is 0 Å². The smallest absolute Gasteiger partial charge is 0.0368 e. The Morgan fingerprint density at radius 3 is 2.35 bits per heavy atom. The fraction of sp³-hybridized carbons (Fsp3) is 0.312. The molecule has 0 N–H and O–H groups in total. The van der Waals surface area contributed by atoms with Crippen molar-refractivity contribution in [3.8, 4) is 0 Å². The van der Waals surface area contributed by atoms with Gasteiger partial charge in [-0.15, -0.1) is 0 Å². The summed E-state index contributed by atoms with van der Waals surface area (Å²) in [6.45, 7) is 12.1. The molecule has 90 valence electrons. The van der Waals surface area contributed by atoms with Gasteiger partial charge in [0.15, 0.2) is 0 Å². The molecule has 0 spiro atoms. The first-order chi connectivity index (χ1) is 8.04. The van der Waals surface area contributed by atoms with Gasteiger partial charge in [0.2, 0.25) is 0 Å². The number of rotatable bonds is 4. The summed E-state index contributed by atoms with van der Waals surface area (Å²) in [5.74, 6) is 0. The molecule has 0 amide bonds. The van der Waals surface area contributed by atoms with Crippen LogP contribution in [0, 0.1) is 20.8 Å². The fourth-order valence-electron chi connectivity index (χ4n) is 2.03. The molecule has 0 heterocycles. The molecule has 0 bridgehead atoms. The highest BCUT2D eigenvalue weighted by Crippen LogP contribution is 2.16. The summed E-state index contributed by atoms with van der Waals surface area (Å²) in [4.78, 5) is 4.38. The van der Waals surface area contributed by atoms with Crippen molar-refractivity contribution in [3.63, 3.8) is 0 Å². The Hall–Kier alpha value is -1.63. The summed E-state index contributed by atoms with van der Waals surface area (Å²) < 4.78 is 0. The Kier molecular flexibility index (Phi) is 4.89. The van der Waals surface area contributed by atoms with Crippen molar-refractivity contribution < 1.29 is 0 Å². The third kappa shape index (κ3) is 4.03. The van der Waals surface area contributed by atoms with Crippen molar-refractivity contribution in [1.29, 1.82) is 0 Å². The van der Waals surface area contributed by atoms with Crippen molar-refractivity contribution >= 4 is 6.21 Å². The maximum atomic E-state index is 4.38. The average Bonchev–Trinajstić information content (AvgIpc) is 2.22. The van der Waals surface area contributed by atoms with Gasteiger partial charge in [0.25, 0.3) is 0 Å². The van der Waals surface area contributed by atoms with Gasteiger partial charge in [-0.2, -0.15) is 0 Å². The number of benzene rings is 1. The lowest BCUT2D eigenvalue weighted by Crippen LogP contribution is -1.96. The molecule has 0 radical (unpaired) electrons. The number of aliphatic imine (C=N–C) groups is 1. The molecule has 0 aliphatic heterocycles. The minimum Gasteiger partial charge on any atom is -0.266 e. The van der Waals surface area contributed by atoms with Gasteiger partial charge in [-0.3, -0.25) is 4.99 Å². The van der Waals surface area contributed by atoms with E-state index < -0.39 is 0 Å². The Morgan fingerprint density at radius 2 is 1.82 bits per heavy atom. The lowest BCUT2D eigenvalue weighted by Gasteiger charge is -2.08. The Balaban J connectivity index is 2.83. The van der Waals surface area contributed by atoms with E-state index in [1.807, 2.05) is 19.2 Å². The third-order valence-electron chi connectivity index (χ3n) is 2.79. The van der Waals surface area contributed by atoms with Gasteiger partial charge in [0.1, 0.15) is 0 Å². The Morgan fingerprint density at radius 1 is 1.24 bits per heavy atom. The molecular formula is C16H21N. The molecule has 1 aromatic rings. The lowest BCUT2D eigenvalue weighted by atomic mass is 9.98. The van der Waals surface area contributed by atoms with Crippen LogP contribution in [0.5, 0.6) is 0 Å². The first kappa shape index (κ1) is 13.4. The summed E-state index contributed by atoms with van der Waals surface area (Å²) in [6, 6.07) is 4.45. The summed E-state index contributed by atoms with van der Waals surface area (Å²) in [6.07, 6.45) is 6.53. The van der Waals surface area contributed by atoms with E-state index >= 15 is 0 Å². The molecule has 0 fully saturated rings. The van der Waals surface area contributed by atoms with Gasteiger partial charge in [0, 0.05) is 18.3 Å². The zero-order chi connectivity index (χ0) is 12.8. The maximum absolute atomic E-state index is 4.38. The van der Waals surface area contributed by atoms with Crippen LogP contribution in [0.15, 0.2) is 41.6 Å². The van der Waals surface area contributed by atoms with Gasteiger partial charge in [0.05, 0.1) is 0 Å². The SMILES string of the molecule is C=C/C=C(/C)N=CCc1c(C)cc(C)cc1C. The maximum Gasteiger partial charge on any atom is 0.0368 e. The standard InChI is InChI=1S/C16H21N/c1-6-7-15(5)17-9-8-16-13(3)10-12(2)11-14(16)4/h6-7,9-11H,1,8H2,2-5H3/b15-7-,17-9?.